The summed E-state index contributed by atoms with van der Waals surface area (Å²) in [6.07, 6.45) is 0.292. The fraction of sp³-hybridized carbons (Fsp3) is 0.571. The largest absolute Gasteiger partial charge is 0.365 e. The molecule has 0 radical (unpaired) electrons. The first-order chi connectivity index (χ1) is 9.03. The first-order valence-electron chi connectivity index (χ1n) is 6.58. The number of aliphatic hydroxyl groups is 1. The summed E-state index contributed by atoms with van der Waals surface area (Å²) in [6.45, 7) is 2.11. The minimum atomic E-state index is -1.21. The topological polar surface area (TPSA) is 72.6 Å². The summed E-state index contributed by atoms with van der Waals surface area (Å²) in [5.74, 6) is -1.91. The van der Waals surface area contributed by atoms with Gasteiger partial charge < -0.3 is 9.84 Å². The van der Waals surface area contributed by atoms with Gasteiger partial charge in [-0.2, -0.15) is 0 Å². The molecule has 1 aromatic rings. The van der Waals surface area contributed by atoms with Gasteiger partial charge in [0.1, 0.15) is 0 Å². The van der Waals surface area contributed by atoms with Gasteiger partial charge in [0.05, 0.1) is 18.4 Å². The molecule has 1 saturated carbocycles. The third kappa shape index (κ3) is 1.84. The van der Waals surface area contributed by atoms with Crippen LogP contribution < -0.4 is 0 Å². The van der Waals surface area contributed by atoms with Crippen molar-refractivity contribution in [3.05, 3.63) is 46.0 Å². The molecule has 2 aliphatic rings. The van der Waals surface area contributed by atoms with Crippen LogP contribution in [-0.4, -0.2) is 28.5 Å². The van der Waals surface area contributed by atoms with Crippen LogP contribution in [0.5, 0.6) is 0 Å². The van der Waals surface area contributed by atoms with E-state index in [4.69, 9.17) is 4.74 Å². The molecule has 1 aromatic carbocycles. The molecule has 102 valence electrons. The molecule has 1 aliphatic carbocycles. The van der Waals surface area contributed by atoms with Crippen LogP contribution in [0.3, 0.4) is 0 Å². The Labute approximate surface area is 111 Å². The molecular weight excluding hydrogens is 246 g/mol. The zero-order valence-electron chi connectivity index (χ0n) is 10.7. The van der Waals surface area contributed by atoms with Crippen molar-refractivity contribution in [3.8, 4) is 0 Å². The van der Waals surface area contributed by atoms with E-state index in [2.05, 4.69) is 0 Å². The summed E-state index contributed by atoms with van der Waals surface area (Å²) in [5.41, 5.74) is 0.907. The molecule has 5 heteroatoms. The molecule has 0 aromatic heterocycles. The maximum atomic E-state index is 11.4. The van der Waals surface area contributed by atoms with Crippen molar-refractivity contribution in [2.75, 3.05) is 6.61 Å². The van der Waals surface area contributed by atoms with Crippen molar-refractivity contribution in [2.45, 2.75) is 31.1 Å². The number of fused-ring (bicyclic) bond motifs is 2. The van der Waals surface area contributed by atoms with Crippen molar-refractivity contribution >= 4 is 0 Å². The van der Waals surface area contributed by atoms with Crippen LogP contribution in [0.15, 0.2) is 30.3 Å². The molecule has 2 fully saturated rings. The highest BCUT2D eigenvalue weighted by Gasteiger charge is 2.61. The fourth-order valence-electron chi connectivity index (χ4n) is 3.54. The summed E-state index contributed by atoms with van der Waals surface area (Å²) in [4.78, 5) is 11.2. The Balaban J connectivity index is 2.01. The predicted octanol–water partition coefficient (Wildman–Crippen LogP) is 1.79. The Morgan fingerprint density at radius 3 is 2.74 bits per heavy atom. The lowest BCUT2D eigenvalue weighted by molar-refractivity contribution is -0.541. The van der Waals surface area contributed by atoms with Gasteiger partial charge in [-0.25, -0.2) is 0 Å². The summed E-state index contributed by atoms with van der Waals surface area (Å²) >= 11 is 0. The van der Waals surface area contributed by atoms with Gasteiger partial charge in [0, 0.05) is 17.3 Å². The van der Waals surface area contributed by atoms with E-state index in [0.29, 0.717) is 6.42 Å². The lowest BCUT2D eigenvalue weighted by Crippen LogP contribution is -2.50. The third-order valence-corrected chi connectivity index (χ3v) is 4.71. The van der Waals surface area contributed by atoms with Crippen LogP contribution in [0.4, 0.5) is 0 Å². The highest BCUT2D eigenvalue weighted by molar-refractivity contribution is 5.24. The van der Waals surface area contributed by atoms with Gasteiger partial charge in [0.2, 0.25) is 6.04 Å². The molecular formula is C14H17NO4. The van der Waals surface area contributed by atoms with Crippen LogP contribution in [0, 0.1) is 22.0 Å². The van der Waals surface area contributed by atoms with E-state index >= 15 is 0 Å². The summed E-state index contributed by atoms with van der Waals surface area (Å²) in [5, 5.41) is 21.9. The third-order valence-electron chi connectivity index (χ3n) is 4.71. The van der Waals surface area contributed by atoms with E-state index in [0.717, 1.165) is 5.56 Å². The van der Waals surface area contributed by atoms with Gasteiger partial charge in [-0.1, -0.05) is 37.3 Å². The quantitative estimate of drug-likeness (QED) is 0.652. The molecule has 2 bridgehead atoms. The molecule has 1 aliphatic heterocycles. The van der Waals surface area contributed by atoms with Crippen molar-refractivity contribution in [2.24, 2.45) is 11.8 Å². The maximum Gasteiger partial charge on any atom is 0.225 e. The van der Waals surface area contributed by atoms with Gasteiger partial charge in [-0.3, -0.25) is 10.1 Å². The maximum absolute atomic E-state index is 11.4. The first kappa shape index (κ1) is 12.6. The molecule has 0 spiro atoms. The number of nitrogens with zero attached hydrogens (tertiary/aromatic N) is 1. The summed E-state index contributed by atoms with van der Waals surface area (Å²) in [7, 11) is 0. The summed E-state index contributed by atoms with van der Waals surface area (Å²) < 4.78 is 5.46. The van der Waals surface area contributed by atoms with Crippen LogP contribution in [0.25, 0.3) is 0 Å². The number of hydrogen-bond acceptors (Lipinski definition) is 4. The molecule has 1 heterocycles. The van der Waals surface area contributed by atoms with E-state index in [1.54, 1.807) is 0 Å². The molecule has 1 N–H and O–H groups in total. The second-order valence-corrected chi connectivity index (χ2v) is 5.61. The van der Waals surface area contributed by atoms with Crippen molar-refractivity contribution in [1.82, 2.24) is 0 Å². The fourth-order valence-corrected chi connectivity index (χ4v) is 3.54. The molecule has 0 amide bonds. The average Bonchev–Trinajstić information content (AvgIpc) is 2.60. The van der Waals surface area contributed by atoms with E-state index in [9.17, 15) is 15.2 Å². The van der Waals surface area contributed by atoms with Gasteiger partial charge in [0.15, 0.2) is 5.79 Å². The molecule has 19 heavy (non-hydrogen) atoms. The standard InChI is InChI=1S/C14H17NO4/c1-9-12-8-19-14(9,16)7-11(13(12)15(17)18)10-5-3-2-4-6-10/h2-6,9,11-13,16H,7-8H2,1H3/t9-,11-,12+,13-,14+/m1/s1. The molecule has 5 nitrogen and oxygen atoms in total. The smallest absolute Gasteiger partial charge is 0.225 e. The average molecular weight is 263 g/mol. The lowest BCUT2D eigenvalue weighted by Gasteiger charge is -2.38. The number of rotatable bonds is 2. The molecule has 0 unspecified atom stereocenters. The normalized spacial score (nSPS) is 41.2. The first-order valence-corrected chi connectivity index (χ1v) is 6.58. The van der Waals surface area contributed by atoms with E-state index < -0.39 is 11.8 Å². The lowest BCUT2D eigenvalue weighted by atomic mass is 9.68. The number of ether oxygens (including phenoxy) is 1. The second kappa shape index (κ2) is 4.28. The van der Waals surface area contributed by atoms with Gasteiger partial charge in [-0.05, 0) is 5.56 Å². The van der Waals surface area contributed by atoms with E-state index in [1.807, 2.05) is 37.3 Å². The Morgan fingerprint density at radius 1 is 1.42 bits per heavy atom. The van der Waals surface area contributed by atoms with Crippen LogP contribution in [-0.2, 0) is 4.74 Å². The van der Waals surface area contributed by atoms with E-state index in [-0.39, 0.29) is 29.3 Å². The molecule has 3 rings (SSSR count). The number of benzene rings is 1. The van der Waals surface area contributed by atoms with E-state index in [1.165, 1.54) is 0 Å². The molecule has 1 saturated heterocycles. The zero-order valence-corrected chi connectivity index (χ0v) is 10.7. The van der Waals surface area contributed by atoms with Crippen molar-refractivity contribution < 1.29 is 14.8 Å². The van der Waals surface area contributed by atoms with Gasteiger partial charge in [0.25, 0.3) is 0 Å². The molecule has 5 atom stereocenters. The Bertz CT molecular complexity index is 491. The SMILES string of the molecule is C[C@@H]1[C@@H]2CO[C@@]1(O)C[C@H](c1ccccc1)[C@H]2[N+](=O)[O-]. The van der Waals surface area contributed by atoms with Crippen LogP contribution in [0.1, 0.15) is 24.8 Å². The number of hydrogen-bond donors (Lipinski definition) is 1. The van der Waals surface area contributed by atoms with Gasteiger partial charge >= 0.3 is 0 Å². The second-order valence-electron chi connectivity index (χ2n) is 5.61. The Hall–Kier alpha value is -1.46. The minimum Gasteiger partial charge on any atom is -0.365 e. The highest BCUT2D eigenvalue weighted by Crippen LogP contribution is 2.51. The van der Waals surface area contributed by atoms with Crippen molar-refractivity contribution in [1.29, 1.82) is 0 Å². The predicted molar refractivity (Wildman–Crippen MR) is 68.1 cm³/mol. The zero-order chi connectivity index (χ0) is 13.6. The highest BCUT2D eigenvalue weighted by atomic mass is 16.6. The number of nitro groups is 1. The Morgan fingerprint density at radius 2 is 2.11 bits per heavy atom. The monoisotopic (exact) mass is 263 g/mol. The minimum absolute atomic E-state index is 0.192. The summed E-state index contributed by atoms with van der Waals surface area (Å²) in [6, 6.07) is 8.73. The van der Waals surface area contributed by atoms with Gasteiger partial charge in [-0.15, -0.1) is 0 Å². The van der Waals surface area contributed by atoms with Crippen LogP contribution in [0.2, 0.25) is 0 Å². The van der Waals surface area contributed by atoms with Crippen molar-refractivity contribution in [3.63, 3.8) is 0 Å². The Kier molecular flexibility index (Phi) is 2.83. The van der Waals surface area contributed by atoms with Crippen LogP contribution >= 0.6 is 0 Å².